The topological polar surface area (TPSA) is 92.7 Å². The third-order valence-corrected chi connectivity index (χ3v) is 6.50. The van der Waals surface area contributed by atoms with E-state index in [1.54, 1.807) is 17.5 Å². The third-order valence-electron chi connectivity index (χ3n) is 5.54. The van der Waals surface area contributed by atoms with Crippen LogP contribution in [0.5, 0.6) is 0 Å². The Morgan fingerprint density at radius 1 is 1.19 bits per heavy atom. The van der Waals surface area contributed by atoms with E-state index in [9.17, 15) is 9.59 Å². The standard InChI is InChI=1S/C24H27N5O2S/c1-12(2)29-22-20(11-26-29)18(9-21(28-22)17-8-15(5)32-16(17)6)23(30)25-10-19-13(3)7-14(4)27-24(19)31/h7-9,11-12H,10H2,1-6H3,(H,25,30)(H,27,31). The number of hydrogen-bond acceptors (Lipinski definition) is 5. The number of aromatic amines is 1. The van der Waals surface area contributed by atoms with Gasteiger partial charge in [-0.05, 0) is 65.3 Å². The number of carbonyl (C=O) groups is 1. The Morgan fingerprint density at radius 3 is 2.56 bits per heavy atom. The predicted octanol–water partition coefficient (Wildman–Crippen LogP) is 4.59. The molecule has 0 atom stereocenters. The first-order valence-corrected chi connectivity index (χ1v) is 11.4. The average Bonchev–Trinajstić information content (AvgIpc) is 3.28. The largest absolute Gasteiger partial charge is 0.348 e. The molecule has 0 aliphatic rings. The number of fused-ring (bicyclic) bond motifs is 1. The molecule has 1 amide bonds. The number of nitrogens with zero attached hydrogens (tertiary/aromatic N) is 3. The summed E-state index contributed by atoms with van der Waals surface area (Å²) in [7, 11) is 0. The van der Waals surface area contributed by atoms with Crippen molar-refractivity contribution in [1.29, 1.82) is 0 Å². The van der Waals surface area contributed by atoms with Gasteiger partial charge >= 0.3 is 0 Å². The highest BCUT2D eigenvalue weighted by atomic mass is 32.1. The van der Waals surface area contributed by atoms with Crippen LogP contribution in [0.25, 0.3) is 22.3 Å². The van der Waals surface area contributed by atoms with Crippen LogP contribution in [0.3, 0.4) is 0 Å². The minimum absolute atomic E-state index is 0.102. The number of rotatable bonds is 5. The van der Waals surface area contributed by atoms with Crippen LogP contribution in [0.4, 0.5) is 0 Å². The molecule has 32 heavy (non-hydrogen) atoms. The van der Waals surface area contributed by atoms with E-state index >= 15 is 0 Å². The molecule has 0 unspecified atom stereocenters. The van der Waals surface area contributed by atoms with Gasteiger partial charge in [-0.25, -0.2) is 9.67 Å². The molecule has 0 saturated carbocycles. The monoisotopic (exact) mass is 449 g/mol. The molecule has 0 radical (unpaired) electrons. The Bertz CT molecular complexity index is 1390. The number of H-pyrrole nitrogens is 1. The normalized spacial score (nSPS) is 11.5. The zero-order valence-corrected chi connectivity index (χ0v) is 20.0. The zero-order chi connectivity index (χ0) is 23.2. The van der Waals surface area contributed by atoms with Gasteiger partial charge in [-0.1, -0.05) is 0 Å². The van der Waals surface area contributed by atoms with Crippen LogP contribution in [-0.2, 0) is 6.54 Å². The van der Waals surface area contributed by atoms with Crippen molar-refractivity contribution in [3.63, 3.8) is 0 Å². The van der Waals surface area contributed by atoms with Crippen molar-refractivity contribution in [2.45, 2.75) is 54.1 Å². The highest BCUT2D eigenvalue weighted by molar-refractivity contribution is 7.12. The van der Waals surface area contributed by atoms with Crippen LogP contribution < -0.4 is 10.9 Å². The highest BCUT2D eigenvalue weighted by Gasteiger charge is 2.20. The van der Waals surface area contributed by atoms with Gasteiger partial charge in [0, 0.05) is 39.2 Å². The number of aromatic nitrogens is 4. The van der Waals surface area contributed by atoms with Gasteiger partial charge in [0.1, 0.15) is 0 Å². The van der Waals surface area contributed by atoms with Crippen molar-refractivity contribution in [3.8, 4) is 11.3 Å². The van der Waals surface area contributed by atoms with E-state index in [1.807, 2.05) is 44.5 Å². The van der Waals surface area contributed by atoms with Crippen LogP contribution >= 0.6 is 11.3 Å². The van der Waals surface area contributed by atoms with Crippen molar-refractivity contribution in [2.75, 3.05) is 0 Å². The molecule has 0 aromatic carbocycles. The fraction of sp³-hybridized carbons (Fsp3) is 0.333. The molecule has 0 saturated heterocycles. The second-order valence-corrected chi connectivity index (χ2v) is 9.89. The van der Waals surface area contributed by atoms with E-state index < -0.39 is 0 Å². The van der Waals surface area contributed by atoms with Gasteiger partial charge in [-0.15, -0.1) is 11.3 Å². The number of hydrogen-bond donors (Lipinski definition) is 2. The summed E-state index contributed by atoms with van der Waals surface area (Å²) in [5.41, 5.74) is 4.96. The number of nitrogens with one attached hydrogen (secondary N) is 2. The summed E-state index contributed by atoms with van der Waals surface area (Å²) in [4.78, 5) is 35.7. The van der Waals surface area contributed by atoms with Crippen molar-refractivity contribution < 1.29 is 4.79 Å². The summed E-state index contributed by atoms with van der Waals surface area (Å²) in [5, 5.41) is 8.10. The Morgan fingerprint density at radius 2 is 1.94 bits per heavy atom. The van der Waals surface area contributed by atoms with Gasteiger partial charge in [0.15, 0.2) is 5.65 Å². The zero-order valence-electron chi connectivity index (χ0n) is 19.2. The fourth-order valence-electron chi connectivity index (χ4n) is 3.97. The van der Waals surface area contributed by atoms with E-state index in [0.717, 1.165) is 27.4 Å². The lowest BCUT2D eigenvalue weighted by Crippen LogP contribution is -2.28. The summed E-state index contributed by atoms with van der Waals surface area (Å²) >= 11 is 1.71. The summed E-state index contributed by atoms with van der Waals surface area (Å²) in [6.45, 7) is 12.1. The smallest absolute Gasteiger partial charge is 0.253 e. The first-order chi connectivity index (χ1) is 15.2. The number of carbonyl (C=O) groups excluding carboxylic acids is 1. The molecule has 4 aromatic heterocycles. The van der Waals surface area contributed by atoms with Crippen LogP contribution in [0, 0.1) is 27.7 Å². The van der Waals surface area contributed by atoms with E-state index in [0.29, 0.717) is 22.2 Å². The molecule has 0 aliphatic heterocycles. The molecule has 4 heterocycles. The second kappa shape index (κ2) is 8.35. The first kappa shape index (κ1) is 22.0. The van der Waals surface area contributed by atoms with Crippen LogP contribution in [0.15, 0.2) is 29.2 Å². The highest BCUT2D eigenvalue weighted by Crippen LogP contribution is 2.32. The fourth-order valence-corrected chi connectivity index (χ4v) is 4.91. The van der Waals surface area contributed by atoms with E-state index in [1.165, 1.54) is 4.88 Å². The maximum atomic E-state index is 13.3. The van der Waals surface area contributed by atoms with Crippen LogP contribution in [-0.4, -0.2) is 25.7 Å². The molecular weight excluding hydrogens is 422 g/mol. The Kier molecular flexibility index (Phi) is 5.73. The lowest BCUT2D eigenvalue weighted by molar-refractivity contribution is 0.0952. The summed E-state index contributed by atoms with van der Waals surface area (Å²) < 4.78 is 1.83. The molecule has 2 N–H and O–H groups in total. The lowest BCUT2D eigenvalue weighted by atomic mass is 10.1. The van der Waals surface area contributed by atoms with Crippen LogP contribution in [0.1, 0.15) is 56.8 Å². The van der Waals surface area contributed by atoms with Crippen molar-refractivity contribution in [1.82, 2.24) is 25.1 Å². The Hall–Kier alpha value is -3.26. The second-order valence-electron chi connectivity index (χ2n) is 8.43. The van der Waals surface area contributed by atoms with Crippen LogP contribution in [0.2, 0.25) is 0 Å². The van der Waals surface area contributed by atoms with Gasteiger partial charge in [0.05, 0.1) is 22.8 Å². The SMILES string of the molecule is Cc1cc(C)c(CNC(=O)c2cc(-c3cc(C)sc3C)nc3c2cnn3C(C)C)c(=O)[nH]1. The van der Waals surface area contributed by atoms with Gasteiger partial charge < -0.3 is 10.3 Å². The maximum absolute atomic E-state index is 13.3. The van der Waals surface area contributed by atoms with Gasteiger partial charge in [-0.2, -0.15) is 5.10 Å². The van der Waals surface area contributed by atoms with E-state index in [4.69, 9.17) is 4.98 Å². The molecule has 7 nitrogen and oxygen atoms in total. The molecular formula is C24H27N5O2S. The maximum Gasteiger partial charge on any atom is 0.253 e. The predicted molar refractivity (Wildman–Crippen MR) is 128 cm³/mol. The lowest BCUT2D eigenvalue weighted by Gasteiger charge is -2.12. The molecule has 0 spiro atoms. The Balaban J connectivity index is 1.78. The molecule has 0 bridgehead atoms. The molecule has 0 fully saturated rings. The third kappa shape index (κ3) is 3.98. The number of thiophene rings is 1. The van der Waals surface area contributed by atoms with Crippen molar-refractivity contribution in [3.05, 3.63) is 66.9 Å². The quantitative estimate of drug-likeness (QED) is 0.466. The summed E-state index contributed by atoms with van der Waals surface area (Å²) in [5.74, 6) is -0.258. The van der Waals surface area contributed by atoms with Gasteiger partial charge in [0.2, 0.25) is 0 Å². The number of amides is 1. The minimum atomic E-state index is -0.258. The first-order valence-electron chi connectivity index (χ1n) is 10.6. The Labute approximate surface area is 190 Å². The summed E-state index contributed by atoms with van der Waals surface area (Å²) in [6.07, 6.45) is 1.69. The van der Waals surface area contributed by atoms with Gasteiger partial charge in [0.25, 0.3) is 11.5 Å². The van der Waals surface area contributed by atoms with Crippen molar-refractivity contribution >= 4 is 28.3 Å². The summed E-state index contributed by atoms with van der Waals surface area (Å²) in [6, 6.07) is 5.93. The molecule has 4 rings (SSSR count). The van der Waals surface area contributed by atoms with Gasteiger partial charge in [-0.3, -0.25) is 9.59 Å². The molecule has 4 aromatic rings. The number of aryl methyl sites for hydroxylation is 4. The van der Waals surface area contributed by atoms with E-state index in [-0.39, 0.29) is 24.1 Å². The number of pyridine rings is 2. The van der Waals surface area contributed by atoms with E-state index in [2.05, 4.69) is 35.3 Å². The minimum Gasteiger partial charge on any atom is -0.348 e. The molecule has 0 aliphatic carbocycles. The van der Waals surface area contributed by atoms with Crippen molar-refractivity contribution in [2.24, 2.45) is 0 Å². The molecule has 8 heteroatoms. The molecule has 166 valence electrons. The average molecular weight is 450 g/mol.